The molecule has 1 unspecified atom stereocenters. The van der Waals surface area contributed by atoms with Gasteiger partial charge in [-0.05, 0) is 38.1 Å². The fraction of sp³-hybridized carbons (Fsp3) is 0.227. The van der Waals surface area contributed by atoms with Gasteiger partial charge in [0.15, 0.2) is 17.3 Å². The van der Waals surface area contributed by atoms with Crippen molar-refractivity contribution in [3.05, 3.63) is 53.7 Å². The minimum atomic E-state index is -0.387. The van der Waals surface area contributed by atoms with E-state index in [2.05, 4.69) is 15.2 Å². The molecule has 0 aliphatic rings. The monoisotopic (exact) mass is 423 g/mol. The number of Topliss-reactive ketones (excluding diaryl/α,β-unsaturated/α-hetero) is 1. The lowest BCUT2D eigenvalue weighted by atomic mass is 10.1. The number of para-hydroxylation sites is 1. The van der Waals surface area contributed by atoms with Crippen LogP contribution in [0.15, 0.2) is 52.1 Å². The highest BCUT2D eigenvalue weighted by atomic mass is 32.2. The largest absolute Gasteiger partial charge is 0.493 e. The van der Waals surface area contributed by atoms with Crippen LogP contribution >= 0.6 is 11.8 Å². The molecule has 7 nitrogen and oxygen atoms in total. The molecule has 2 aromatic heterocycles. The number of carbonyl (C=O) groups excluding carboxylic acids is 1. The second-order valence-electron chi connectivity index (χ2n) is 6.74. The fourth-order valence-corrected chi connectivity index (χ4v) is 4.09. The molecular formula is C22H21N3O4S. The lowest BCUT2D eigenvalue weighted by molar-refractivity contribution is 0.0994. The molecule has 154 valence electrons. The maximum Gasteiger partial charge on any atom is 0.277 e. The van der Waals surface area contributed by atoms with E-state index in [1.165, 1.54) is 11.8 Å². The first-order chi connectivity index (χ1) is 14.5. The highest BCUT2D eigenvalue weighted by molar-refractivity contribution is 8.00. The van der Waals surface area contributed by atoms with Crippen molar-refractivity contribution < 1.29 is 18.7 Å². The summed E-state index contributed by atoms with van der Waals surface area (Å²) in [5.41, 5.74) is 3.21. The molecule has 0 spiro atoms. The SMILES string of the molecule is COc1ccc(-c2nnc(SC(C)C(=O)c3c(C)[nH]c4ccccc34)o2)cc1OC. The maximum atomic E-state index is 13.1. The molecule has 0 aliphatic carbocycles. The number of aromatic nitrogens is 3. The lowest BCUT2D eigenvalue weighted by Gasteiger charge is -2.08. The molecule has 30 heavy (non-hydrogen) atoms. The van der Waals surface area contributed by atoms with Gasteiger partial charge in [0.05, 0.1) is 19.5 Å². The van der Waals surface area contributed by atoms with Crippen molar-refractivity contribution in [2.24, 2.45) is 0 Å². The van der Waals surface area contributed by atoms with E-state index in [4.69, 9.17) is 13.9 Å². The summed E-state index contributed by atoms with van der Waals surface area (Å²) in [4.78, 5) is 16.4. The third-order valence-corrected chi connectivity index (χ3v) is 5.76. The minimum Gasteiger partial charge on any atom is -0.493 e. The van der Waals surface area contributed by atoms with E-state index in [-0.39, 0.29) is 11.0 Å². The molecule has 0 saturated carbocycles. The first-order valence-corrected chi connectivity index (χ1v) is 10.2. The molecule has 4 aromatic rings. The number of nitrogens with one attached hydrogen (secondary N) is 1. The van der Waals surface area contributed by atoms with Crippen LogP contribution in [-0.2, 0) is 0 Å². The standard InChI is InChI=1S/C22H21N3O4S/c1-12-19(15-7-5-6-8-16(15)23-12)20(26)13(2)30-22-25-24-21(29-22)14-9-10-17(27-3)18(11-14)28-4/h5-11,13,23H,1-4H3. The number of hydrogen-bond acceptors (Lipinski definition) is 7. The second-order valence-corrected chi connectivity index (χ2v) is 8.03. The summed E-state index contributed by atoms with van der Waals surface area (Å²) in [6, 6.07) is 13.1. The van der Waals surface area contributed by atoms with Gasteiger partial charge in [-0.25, -0.2) is 0 Å². The van der Waals surface area contributed by atoms with Crippen LogP contribution in [0.3, 0.4) is 0 Å². The van der Waals surface area contributed by atoms with Crippen LogP contribution in [0.1, 0.15) is 23.0 Å². The third kappa shape index (κ3) is 3.66. The topological polar surface area (TPSA) is 90.2 Å². The maximum absolute atomic E-state index is 13.1. The molecule has 2 heterocycles. The normalized spacial score (nSPS) is 12.1. The summed E-state index contributed by atoms with van der Waals surface area (Å²) >= 11 is 1.24. The quantitative estimate of drug-likeness (QED) is 0.334. The van der Waals surface area contributed by atoms with Gasteiger partial charge in [-0.3, -0.25) is 4.79 Å². The molecule has 0 aliphatic heterocycles. The zero-order valence-electron chi connectivity index (χ0n) is 17.1. The number of aromatic amines is 1. The zero-order valence-corrected chi connectivity index (χ0v) is 17.9. The van der Waals surface area contributed by atoms with Crippen molar-refractivity contribution in [1.29, 1.82) is 0 Å². The van der Waals surface area contributed by atoms with Gasteiger partial charge in [0.2, 0.25) is 5.89 Å². The molecule has 0 saturated heterocycles. The first kappa shape index (κ1) is 20.0. The first-order valence-electron chi connectivity index (χ1n) is 9.36. The summed E-state index contributed by atoms with van der Waals surface area (Å²) in [6.45, 7) is 3.75. The summed E-state index contributed by atoms with van der Waals surface area (Å²) in [5, 5.41) is 9.07. The van der Waals surface area contributed by atoms with Gasteiger partial charge in [0, 0.05) is 27.7 Å². The van der Waals surface area contributed by atoms with E-state index >= 15 is 0 Å². The number of ketones is 1. The number of fused-ring (bicyclic) bond motifs is 1. The number of aryl methyl sites for hydroxylation is 1. The highest BCUT2D eigenvalue weighted by Gasteiger charge is 2.24. The predicted molar refractivity (Wildman–Crippen MR) is 116 cm³/mol. The Balaban J connectivity index is 1.55. The van der Waals surface area contributed by atoms with Crippen LogP contribution in [0.5, 0.6) is 11.5 Å². The summed E-state index contributed by atoms with van der Waals surface area (Å²) in [6.07, 6.45) is 0. The molecule has 0 bridgehead atoms. The van der Waals surface area contributed by atoms with Gasteiger partial charge in [-0.15, -0.1) is 10.2 Å². The van der Waals surface area contributed by atoms with Crippen molar-refractivity contribution in [3.8, 4) is 23.0 Å². The van der Waals surface area contributed by atoms with Gasteiger partial charge in [0.25, 0.3) is 5.22 Å². The van der Waals surface area contributed by atoms with Crippen LogP contribution in [0.2, 0.25) is 0 Å². The number of nitrogens with zero attached hydrogens (tertiary/aromatic N) is 2. The number of ether oxygens (including phenoxy) is 2. The Morgan fingerprint density at radius 3 is 2.63 bits per heavy atom. The van der Waals surface area contributed by atoms with E-state index in [0.717, 1.165) is 16.6 Å². The Hall–Kier alpha value is -3.26. The molecule has 0 fully saturated rings. The van der Waals surface area contributed by atoms with E-state index in [9.17, 15) is 4.79 Å². The van der Waals surface area contributed by atoms with Crippen molar-refractivity contribution in [2.75, 3.05) is 14.2 Å². The van der Waals surface area contributed by atoms with Crippen molar-refractivity contribution >= 4 is 28.4 Å². The van der Waals surface area contributed by atoms with Crippen molar-refractivity contribution in [3.63, 3.8) is 0 Å². The highest BCUT2D eigenvalue weighted by Crippen LogP contribution is 2.34. The average molecular weight is 423 g/mol. The third-order valence-electron chi connectivity index (χ3n) is 4.82. The molecule has 0 radical (unpaired) electrons. The molecule has 0 amide bonds. The van der Waals surface area contributed by atoms with E-state index in [1.54, 1.807) is 26.4 Å². The zero-order chi connectivity index (χ0) is 21.3. The number of benzene rings is 2. The van der Waals surface area contributed by atoms with Gasteiger partial charge < -0.3 is 18.9 Å². The van der Waals surface area contributed by atoms with Crippen LogP contribution in [0.4, 0.5) is 0 Å². The number of carbonyl (C=O) groups is 1. The Labute approximate surface area is 177 Å². The van der Waals surface area contributed by atoms with Crippen LogP contribution in [-0.4, -0.2) is 40.4 Å². The molecule has 8 heteroatoms. The number of thioether (sulfide) groups is 1. The van der Waals surface area contributed by atoms with Crippen LogP contribution in [0.25, 0.3) is 22.4 Å². The molecule has 1 N–H and O–H groups in total. The van der Waals surface area contributed by atoms with Gasteiger partial charge in [0.1, 0.15) is 0 Å². The molecular weight excluding hydrogens is 402 g/mol. The Morgan fingerprint density at radius 2 is 1.87 bits per heavy atom. The Kier molecular flexibility index (Phi) is 5.50. The predicted octanol–water partition coefficient (Wildman–Crippen LogP) is 4.91. The van der Waals surface area contributed by atoms with Crippen LogP contribution in [0, 0.1) is 6.92 Å². The summed E-state index contributed by atoms with van der Waals surface area (Å²) in [5.74, 6) is 1.55. The smallest absolute Gasteiger partial charge is 0.277 e. The molecule has 2 aromatic carbocycles. The van der Waals surface area contributed by atoms with Gasteiger partial charge in [-0.1, -0.05) is 30.0 Å². The fourth-order valence-electron chi connectivity index (χ4n) is 3.35. The number of methoxy groups -OCH3 is 2. The Bertz CT molecular complexity index is 1210. The van der Waals surface area contributed by atoms with Gasteiger partial charge >= 0.3 is 0 Å². The van der Waals surface area contributed by atoms with Crippen LogP contribution < -0.4 is 9.47 Å². The summed E-state index contributed by atoms with van der Waals surface area (Å²) in [7, 11) is 3.14. The number of rotatable bonds is 7. The lowest BCUT2D eigenvalue weighted by Crippen LogP contribution is -2.14. The minimum absolute atomic E-state index is 0.0146. The second kappa shape index (κ2) is 8.23. The van der Waals surface area contributed by atoms with Gasteiger partial charge in [-0.2, -0.15) is 0 Å². The average Bonchev–Trinajstić information content (AvgIpc) is 3.36. The Morgan fingerprint density at radius 1 is 1.10 bits per heavy atom. The van der Waals surface area contributed by atoms with Crippen molar-refractivity contribution in [1.82, 2.24) is 15.2 Å². The summed E-state index contributed by atoms with van der Waals surface area (Å²) < 4.78 is 16.4. The number of hydrogen-bond donors (Lipinski definition) is 1. The van der Waals surface area contributed by atoms with E-state index < -0.39 is 0 Å². The molecule has 1 atom stereocenters. The van der Waals surface area contributed by atoms with E-state index in [0.29, 0.717) is 33.7 Å². The molecule has 4 rings (SSSR count). The number of H-pyrrole nitrogens is 1. The van der Waals surface area contributed by atoms with E-state index in [1.807, 2.05) is 44.2 Å². The van der Waals surface area contributed by atoms with Crippen molar-refractivity contribution in [2.45, 2.75) is 24.3 Å².